The molecule has 1 atom stereocenters. The lowest BCUT2D eigenvalue weighted by atomic mass is 9.64. The quantitative estimate of drug-likeness (QED) is 0.824. The number of rotatable bonds is 4. The summed E-state index contributed by atoms with van der Waals surface area (Å²) >= 11 is 0. The molecule has 1 saturated carbocycles. The second-order valence-corrected chi connectivity index (χ2v) is 7.67. The fraction of sp³-hybridized carbons (Fsp3) is 0.409. The molecule has 25 heavy (non-hydrogen) atoms. The molecule has 2 aliphatic carbocycles. The molecule has 0 aliphatic heterocycles. The zero-order valence-corrected chi connectivity index (χ0v) is 14.6. The van der Waals surface area contributed by atoms with Crippen LogP contribution < -0.4 is 11.1 Å². The van der Waals surface area contributed by atoms with Crippen LogP contribution in [0, 0.1) is 5.41 Å². The topological polar surface area (TPSA) is 55.1 Å². The van der Waals surface area contributed by atoms with Gasteiger partial charge in [-0.05, 0) is 67.3 Å². The van der Waals surface area contributed by atoms with E-state index in [0.717, 1.165) is 50.6 Å². The Labute approximate surface area is 149 Å². The van der Waals surface area contributed by atoms with Crippen molar-refractivity contribution in [3.05, 3.63) is 65.2 Å². The summed E-state index contributed by atoms with van der Waals surface area (Å²) in [5.41, 5.74) is 10.3. The molecular formula is C22H26N2O. The van der Waals surface area contributed by atoms with Gasteiger partial charge in [0.05, 0.1) is 11.5 Å². The Bertz CT molecular complexity index is 765. The minimum absolute atomic E-state index is 0.130. The first-order chi connectivity index (χ1) is 12.2. The zero-order valence-electron chi connectivity index (χ0n) is 14.6. The maximum absolute atomic E-state index is 13.2. The molecule has 1 unspecified atom stereocenters. The zero-order chi connectivity index (χ0) is 17.3. The third-order valence-electron chi connectivity index (χ3n) is 5.96. The van der Waals surface area contributed by atoms with E-state index in [0.29, 0.717) is 0 Å². The molecule has 0 spiro atoms. The van der Waals surface area contributed by atoms with Gasteiger partial charge in [-0.1, -0.05) is 42.8 Å². The van der Waals surface area contributed by atoms with Crippen LogP contribution in [0.3, 0.4) is 0 Å². The molecule has 0 bridgehead atoms. The SMILES string of the molecule is Nc1ccc2c(c1)CCCC2NC(=O)C1(Cc2ccccc2)CCC1. The standard InChI is InChI=1S/C22H26N2O/c23-18-10-11-19-17(14-18)8-4-9-20(19)24-21(25)22(12-5-13-22)15-16-6-2-1-3-7-16/h1-3,6-7,10-11,14,20H,4-5,8-9,12-13,15,23H2,(H,24,25). The monoisotopic (exact) mass is 334 g/mol. The number of anilines is 1. The average molecular weight is 334 g/mol. The molecule has 3 nitrogen and oxygen atoms in total. The van der Waals surface area contributed by atoms with E-state index in [1.807, 2.05) is 12.1 Å². The van der Waals surface area contributed by atoms with Gasteiger partial charge < -0.3 is 11.1 Å². The molecule has 0 heterocycles. The van der Waals surface area contributed by atoms with E-state index in [9.17, 15) is 4.79 Å². The molecule has 0 radical (unpaired) electrons. The van der Waals surface area contributed by atoms with E-state index in [-0.39, 0.29) is 17.4 Å². The lowest BCUT2D eigenvalue weighted by molar-refractivity contribution is -0.136. The van der Waals surface area contributed by atoms with Crippen LogP contribution in [0.1, 0.15) is 54.8 Å². The summed E-state index contributed by atoms with van der Waals surface area (Å²) in [5.74, 6) is 0.234. The van der Waals surface area contributed by atoms with E-state index in [2.05, 4.69) is 41.7 Å². The predicted molar refractivity (Wildman–Crippen MR) is 101 cm³/mol. The molecule has 130 valence electrons. The van der Waals surface area contributed by atoms with Crippen molar-refractivity contribution in [3.63, 3.8) is 0 Å². The van der Waals surface area contributed by atoms with E-state index >= 15 is 0 Å². The van der Waals surface area contributed by atoms with Crippen molar-refractivity contribution in [1.82, 2.24) is 5.32 Å². The summed E-state index contributed by atoms with van der Waals surface area (Å²) in [5, 5.41) is 3.38. The fourth-order valence-corrected chi connectivity index (χ4v) is 4.37. The van der Waals surface area contributed by atoms with Gasteiger partial charge >= 0.3 is 0 Å². The van der Waals surface area contributed by atoms with Crippen LogP contribution in [0.2, 0.25) is 0 Å². The fourth-order valence-electron chi connectivity index (χ4n) is 4.37. The third kappa shape index (κ3) is 3.15. The number of hydrogen-bond acceptors (Lipinski definition) is 2. The first-order valence-electron chi connectivity index (χ1n) is 9.39. The highest BCUT2D eigenvalue weighted by Crippen LogP contribution is 2.45. The smallest absolute Gasteiger partial charge is 0.227 e. The van der Waals surface area contributed by atoms with Crippen molar-refractivity contribution in [2.75, 3.05) is 5.73 Å². The van der Waals surface area contributed by atoms with E-state index in [1.165, 1.54) is 16.7 Å². The highest BCUT2D eigenvalue weighted by atomic mass is 16.2. The first kappa shape index (κ1) is 16.2. The Kier molecular flexibility index (Phi) is 4.24. The maximum atomic E-state index is 13.2. The Balaban J connectivity index is 1.52. The number of fused-ring (bicyclic) bond motifs is 1. The predicted octanol–water partition coefficient (Wildman–Crippen LogP) is 4.18. The lowest BCUT2D eigenvalue weighted by Crippen LogP contribution is -2.48. The number of carbonyl (C=O) groups excluding carboxylic acids is 1. The van der Waals surface area contributed by atoms with Gasteiger partial charge in [-0.15, -0.1) is 0 Å². The molecule has 4 rings (SSSR count). The molecule has 2 aromatic rings. The van der Waals surface area contributed by atoms with Crippen LogP contribution in [0.5, 0.6) is 0 Å². The third-order valence-corrected chi connectivity index (χ3v) is 5.96. The van der Waals surface area contributed by atoms with E-state index in [4.69, 9.17) is 5.73 Å². The molecule has 0 saturated heterocycles. The van der Waals surface area contributed by atoms with Crippen molar-refractivity contribution in [1.29, 1.82) is 0 Å². The van der Waals surface area contributed by atoms with Crippen LogP contribution >= 0.6 is 0 Å². The molecule has 3 N–H and O–H groups in total. The highest BCUT2D eigenvalue weighted by Gasteiger charge is 2.44. The van der Waals surface area contributed by atoms with Crippen LogP contribution in [-0.4, -0.2) is 5.91 Å². The van der Waals surface area contributed by atoms with Crippen LogP contribution in [0.25, 0.3) is 0 Å². The van der Waals surface area contributed by atoms with Crippen molar-refractivity contribution in [3.8, 4) is 0 Å². The number of benzene rings is 2. The Morgan fingerprint density at radius 1 is 1.12 bits per heavy atom. The van der Waals surface area contributed by atoms with Gasteiger partial charge in [0.2, 0.25) is 5.91 Å². The Morgan fingerprint density at radius 2 is 1.92 bits per heavy atom. The molecule has 1 amide bonds. The lowest BCUT2D eigenvalue weighted by Gasteiger charge is -2.42. The number of nitrogens with two attached hydrogens (primary N) is 1. The van der Waals surface area contributed by atoms with Crippen LogP contribution in [0.15, 0.2) is 48.5 Å². The minimum atomic E-state index is -0.216. The van der Waals surface area contributed by atoms with Crippen LogP contribution in [0.4, 0.5) is 5.69 Å². The summed E-state index contributed by atoms with van der Waals surface area (Å²) in [6, 6.07) is 16.6. The number of nitrogens with one attached hydrogen (secondary N) is 1. The highest BCUT2D eigenvalue weighted by molar-refractivity contribution is 5.84. The minimum Gasteiger partial charge on any atom is -0.399 e. The molecule has 2 aromatic carbocycles. The van der Waals surface area contributed by atoms with Gasteiger partial charge in [0, 0.05) is 5.69 Å². The van der Waals surface area contributed by atoms with E-state index < -0.39 is 0 Å². The number of amides is 1. The molecule has 3 heteroatoms. The number of aryl methyl sites for hydroxylation is 1. The Hall–Kier alpha value is -2.29. The summed E-state index contributed by atoms with van der Waals surface area (Å²) in [6.07, 6.45) is 7.17. The van der Waals surface area contributed by atoms with Gasteiger partial charge in [0.25, 0.3) is 0 Å². The summed E-state index contributed by atoms with van der Waals surface area (Å²) in [6.45, 7) is 0. The largest absolute Gasteiger partial charge is 0.399 e. The van der Waals surface area contributed by atoms with Gasteiger partial charge in [0.15, 0.2) is 0 Å². The van der Waals surface area contributed by atoms with Gasteiger partial charge in [-0.3, -0.25) is 4.79 Å². The number of carbonyl (C=O) groups is 1. The van der Waals surface area contributed by atoms with Crippen molar-refractivity contribution < 1.29 is 4.79 Å². The number of hydrogen-bond donors (Lipinski definition) is 2. The normalized spacial score (nSPS) is 21.0. The second kappa shape index (κ2) is 6.55. The first-order valence-corrected chi connectivity index (χ1v) is 9.39. The molecular weight excluding hydrogens is 308 g/mol. The molecule has 2 aliphatic rings. The van der Waals surface area contributed by atoms with Gasteiger partial charge in [-0.2, -0.15) is 0 Å². The van der Waals surface area contributed by atoms with Crippen molar-refractivity contribution in [2.24, 2.45) is 5.41 Å². The summed E-state index contributed by atoms with van der Waals surface area (Å²) in [4.78, 5) is 13.2. The van der Waals surface area contributed by atoms with Crippen molar-refractivity contribution >= 4 is 11.6 Å². The molecule has 1 fully saturated rings. The maximum Gasteiger partial charge on any atom is 0.227 e. The van der Waals surface area contributed by atoms with Gasteiger partial charge in [0.1, 0.15) is 0 Å². The summed E-state index contributed by atoms with van der Waals surface area (Å²) in [7, 11) is 0. The van der Waals surface area contributed by atoms with Crippen LogP contribution in [-0.2, 0) is 17.6 Å². The molecule has 0 aromatic heterocycles. The van der Waals surface area contributed by atoms with Crippen molar-refractivity contribution in [2.45, 2.75) is 51.0 Å². The van der Waals surface area contributed by atoms with Gasteiger partial charge in [-0.25, -0.2) is 0 Å². The summed E-state index contributed by atoms with van der Waals surface area (Å²) < 4.78 is 0. The van der Waals surface area contributed by atoms with E-state index in [1.54, 1.807) is 0 Å². The number of nitrogen functional groups attached to an aromatic ring is 1. The Morgan fingerprint density at radius 3 is 2.64 bits per heavy atom. The second-order valence-electron chi connectivity index (χ2n) is 7.67. The average Bonchev–Trinajstić information content (AvgIpc) is 2.59.